The van der Waals surface area contributed by atoms with Gasteiger partial charge in [-0.2, -0.15) is 0 Å². The normalized spacial score (nSPS) is 13.3. The topological polar surface area (TPSA) is 69.6 Å². The number of nitrogens with one attached hydrogen (secondary N) is 2. The molecule has 7 heteroatoms. The van der Waals surface area contributed by atoms with Crippen molar-refractivity contribution < 1.29 is 4.79 Å². The molecule has 2 N–H and O–H groups in total. The molecule has 2 heterocycles. The van der Waals surface area contributed by atoms with Gasteiger partial charge < -0.3 is 15.5 Å². The van der Waals surface area contributed by atoms with Gasteiger partial charge in [0.25, 0.3) is 0 Å². The third-order valence-corrected chi connectivity index (χ3v) is 4.60. The number of carbonyl (C=O) groups excluding carboxylic acids is 1. The molecule has 0 bridgehead atoms. The van der Waals surface area contributed by atoms with Gasteiger partial charge in [0.15, 0.2) is 5.96 Å². The van der Waals surface area contributed by atoms with Crippen LogP contribution in [-0.4, -0.2) is 47.9 Å². The minimum atomic E-state index is 0. The summed E-state index contributed by atoms with van der Waals surface area (Å²) in [4.78, 5) is 23.2. The third kappa shape index (κ3) is 6.47. The van der Waals surface area contributed by atoms with Gasteiger partial charge in [-0.05, 0) is 36.6 Å². The molecule has 0 saturated heterocycles. The Kier molecular flexibility index (Phi) is 9.19. The standard InChI is InChI=1S/C21H27N5O.HI/c1-2-22-21(24-13-10-19-9-5-6-12-23-19)25-15-20(27)26-14-11-17-7-3-4-8-18(17)16-26;/h3-9,12H,2,10-11,13-16H2,1H3,(H2,22,24,25);1H. The van der Waals surface area contributed by atoms with Crippen LogP contribution in [0, 0.1) is 0 Å². The molecule has 1 aliphatic rings. The van der Waals surface area contributed by atoms with Crippen molar-refractivity contribution in [2.45, 2.75) is 26.3 Å². The largest absolute Gasteiger partial charge is 0.357 e. The molecular weight excluding hydrogens is 465 g/mol. The molecule has 6 nitrogen and oxygen atoms in total. The number of fused-ring (bicyclic) bond motifs is 1. The zero-order valence-electron chi connectivity index (χ0n) is 16.2. The summed E-state index contributed by atoms with van der Waals surface area (Å²) in [5, 5.41) is 6.46. The van der Waals surface area contributed by atoms with Crippen LogP contribution in [-0.2, 0) is 24.2 Å². The highest BCUT2D eigenvalue weighted by Gasteiger charge is 2.19. The van der Waals surface area contributed by atoms with Gasteiger partial charge >= 0.3 is 0 Å². The molecule has 0 spiro atoms. The highest BCUT2D eigenvalue weighted by atomic mass is 127. The number of rotatable bonds is 6. The van der Waals surface area contributed by atoms with E-state index >= 15 is 0 Å². The van der Waals surface area contributed by atoms with Crippen LogP contribution in [0.4, 0.5) is 0 Å². The fourth-order valence-electron chi connectivity index (χ4n) is 3.15. The number of nitrogens with zero attached hydrogens (tertiary/aromatic N) is 3. The lowest BCUT2D eigenvalue weighted by Crippen LogP contribution is -2.41. The number of amides is 1. The number of hydrogen-bond donors (Lipinski definition) is 2. The van der Waals surface area contributed by atoms with Crippen molar-refractivity contribution in [1.82, 2.24) is 20.5 Å². The van der Waals surface area contributed by atoms with Crippen molar-refractivity contribution >= 4 is 35.8 Å². The molecule has 0 radical (unpaired) electrons. The summed E-state index contributed by atoms with van der Waals surface area (Å²) >= 11 is 0. The first-order valence-corrected chi connectivity index (χ1v) is 9.53. The number of benzene rings is 1. The average molecular weight is 493 g/mol. The van der Waals surface area contributed by atoms with Crippen LogP contribution in [0.25, 0.3) is 0 Å². The maximum absolute atomic E-state index is 12.6. The summed E-state index contributed by atoms with van der Waals surface area (Å²) in [6.45, 7) is 5.07. The summed E-state index contributed by atoms with van der Waals surface area (Å²) in [6.07, 6.45) is 3.51. The molecule has 1 aromatic carbocycles. The number of hydrogen-bond acceptors (Lipinski definition) is 3. The molecule has 0 unspecified atom stereocenters. The van der Waals surface area contributed by atoms with E-state index in [1.54, 1.807) is 6.20 Å². The molecule has 0 atom stereocenters. The Morgan fingerprint density at radius 2 is 1.93 bits per heavy atom. The molecular formula is C21H28IN5O. The first-order chi connectivity index (χ1) is 13.3. The fraction of sp³-hybridized carbons (Fsp3) is 0.381. The Morgan fingerprint density at radius 1 is 1.14 bits per heavy atom. The zero-order valence-corrected chi connectivity index (χ0v) is 18.6. The Balaban J connectivity index is 0.00000280. The Bertz CT molecular complexity index is 781. The van der Waals surface area contributed by atoms with E-state index in [4.69, 9.17) is 0 Å². The highest BCUT2D eigenvalue weighted by Crippen LogP contribution is 2.18. The van der Waals surface area contributed by atoms with Crippen LogP contribution < -0.4 is 10.6 Å². The highest BCUT2D eigenvalue weighted by molar-refractivity contribution is 14.0. The summed E-state index contributed by atoms with van der Waals surface area (Å²) in [7, 11) is 0. The van der Waals surface area contributed by atoms with E-state index in [1.165, 1.54) is 11.1 Å². The molecule has 0 aliphatic carbocycles. The van der Waals surface area contributed by atoms with Crippen LogP contribution in [0.15, 0.2) is 53.7 Å². The molecule has 0 fully saturated rings. The molecule has 1 amide bonds. The van der Waals surface area contributed by atoms with Gasteiger partial charge in [0.1, 0.15) is 6.54 Å². The van der Waals surface area contributed by atoms with Crippen molar-refractivity contribution in [1.29, 1.82) is 0 Å². The predicted molar refractivity (Wildman–Crippen MR) is 123 cm³/mol. The van der Waals surface area contributed by atoms with E-state index in [0.29, 0.717) is 19.0 Å². The van der Waals surface area contributed by atoms with Crippen molar-refractivity contribution in [3.8, 4) is 0 Å². The molecule has 1 aliphatic heterocycles. The Labute approximate surface area is 183 Å². The summed E-state index contributed by atoms with van der Waals surface area (Å²) < 4.78 is 0. The lowest BCUT2D eigenvalue weighted by Gasteiger charge is -2.28. The Hall–Kier alpha value is -2.16. The van der Waals surface area contributed by atoms with Gasteiger partial charge in [-0.1, -0.05) is 30.3 Å². The fourth-order valence-corrected chi connectivity index (χ4v) is 3.15. The van der Waals surface area contributed by atoms with Gasteiger partial charge in [0.05, 0.1) is 0 Å². The van der Waals surface area contributed by atoms with Gasteiger partial charge in [-0.25, -0.2) is 4.99 Å². The first-order valence-electron chi connectivity index (χ1n) is 9.53. The maximum atomic E-state index is 12.6. The number of aromatic nitrogens is 1. The summed E-state index contributed by atoms with van der Waals surface area (Å²) in [6, 6.07) is 14.2. The smallest absolute Gasteiger partial charge is 0.244 e. The van der Waals surface area contributed by atoms with Crippen molar-refractivity contribution in [2.24, 2.45) is 4.99 Å². The number of carbonyl (C=O) groups is 1. The second-order valence-corrected chi connectivity index (χ2v) is 6.53. The van der Waals surface area contributed by atoms with Crippen LogP contribution in [0.2, 0.25) is 0 Å². The minimum Gasteiger partial charge on any atom is -0.357 e. The van der Waals surface area contributed by atoms with Crippen LogP contribution in [0.3, 0.4) is 0 Å². The van der Waals surface area contributed by atoms with E-state index in [2.05, 4.69) is 38.8 Å². The van der Waals surface area contributed by atoms with E-state index in [1.807, 2.05) is 36.1 Å². The monoisotopic (exact) mass is 493 g/mol. The summed E-state index contributed by atoms with van der Waals surface area (Å²) in [5.74, 6) is 0.727. The zero-order chi connectivity index (χ0) is 18.9. The molecule has 3 rings (SSSR count). The molecule has 150 valence electrons. The summed E-state index contributed by atoms with van der Waals surface area (Å²) in [5.41, 5.74) is 3.61. The van der Waals surface area contributed by atoms with E-state index in [0.717, 1.165) is 31.6 Å². The van der Waals surface area contributed by atoms with E-state index < -0.39 is 0 Å². The van der Waals surface area contributed by atoms with E-state index in [9.17, 15) is 4.79 Å². The first kappa shape index (κ1) is 22.1. The average Bonchev–Trinajstić information content (AvgIpc) is 2.72. The van der Waals surface area contributed by atoms with Crippen LogP contribution in [0.1, 0.15) is 23.7 Å². The third-order valence-electron chi connectivity index (χ3n) is 4.60. The van der Waals surface area contributed by atoms with Gasteiger partial charge in [-0.15, -0.1) is 24.0 Å². The second-order valence-electron chi connectivity index (χ2n) is 6.53. The predicted octanol–water partition coefficient (Wildman–Crippen LogP) is 2.38. The number of guanidine groups is 1. The minimum absolute atomic E-state index is 0. The SMILES string of the molecule is CCNC(=NCC(=O)N1CCc2ccccc2C1)NCCc1ccccn1.I. The van der Waals surface area contributed by atoms with E-state index in [-0.39, 0.29) is 36.4 Å². The molecule has 0 saturated carbocycles. The van der Waals surface area contributed by atoms with Crippen LogP contribution >= 0.6 is 24.0 Å². The lowest BCUT2D eigenvalue weighted by molar-refractivity contribution is -0.130. The molecule has 28 heavy (non-hydrogen) atoms. The quantitative estimate of drug-likeness (QED) is 0.369. The van der Waals surface area contributed by atoms with Crippen LogP contribution in [0.5, 0.6) is 0 Å². The van der Waals surface area contributed by atoms with Gasteiger partial charge in [0.2, 0.25) is 5.91 Å². The van der Waals surface area contributed by atoms with Gasteiger partial charge in [-0.3, -0.25) is 9.78 Å². The second kappa shape index (κ2) is 11.6. The van der Waals surface area contributed by atoms with Crippen molar-refractivity contribution in [3.05, 3.63) is 65.5 Å². The number of pyridine rings is 1. The molecule has 2 aromatic rings. The molecule has 1 aromatic heterocycles. The van der Waals surface area contributed by atoms with Crippen molar-refractivity contribution in [2.75, 3.05) is 26.2 Å². The van der Waals surface area contributed by atoms with Gasteiger partial charge in [0, 0.05) is 44.5 Å². The van der Waals surface area contributed by atoms with Crippen molar-refractivity contribution in [3.63, 3.8) is 0 Å². The Morgan fingerprint density at radius 3 is 2.68 bits per heavy atom. The maximum Gasteiger partial charge on any atom is 0.244 e. The number of halogens is 1. The lowest BCUT2D eigenvalue weighted by atomic mass is 10.00. The number of aliphatic imine (C=N–C) groups is 1.